The van der Waals surface area contributed by atoms with Gasteiger partial charge in [-0.25, -0.2) is 0 Å². The molecular formula is C25H21N3O3. The number of carbonyl (C=O) groups excluding carboxylic acids is 3. The van der Waals surface area contributed by atoms with Crippen molar-refractivity contribution in [2.75, 3.05) is 0 Å². The maximum absolute atomic E-state index is 13.3. The molecule has 0 aliphatic rings. The Morgan fingerprint density at radius 1 is 0.839 bits per heavy atom. The lowest BCUT2D eigenvalue weighted by molar-refractivity contribution is -0.137. The Morgan fingerprint density at radius 2 is 1.45 bits per heavy atom. The Hall–Kier alpha value is -4.19. The molecule has 0 bridgehead atoms. The summed E-state index contributed by atoms with van der Waals surface area (Å²) < 4.78 is 1.83. The first-order valence-electron chi connectivity index (χ1n) is 9.89. The summed E-state index contributed by atoms with van der Waals surface area (Å²) in [6, 6.07) is 27.0. The minimum Gasteiger partial charge on any atom is -0.363 e. The molecule has 0 aliphatic heterocycles. The van der Waals surface area contributed by atoms with Crippen LogP contribution in [0.5, 0.6) is 0 Å². The van der Waals surface area contributed by atoms with Crippen LogP contribution in [0.3, 0.4) is 0 Å². The third kappa shape index (κ3) is 4.23. The molecule has 31 heavy (non-hydrogen) atoms. The Morgan fingerprint density at radius 3 is 2.13 bits per heavy atom. The molecule has 0 spiro atoms. The van der Waals surface area contributed by atoms with Gasteiger partial charge in [0.25, 0.3) is 11.8 Å². The molecule has 0 saturated heterocycles. The predicted molar refractivity (Wildman–Crippen MR) is 119 cm³/mol. The van der Waals surface area contributed by atoms with E-state index in [1.54, 1.807) is 6.07 Å². The van der Waals surface area contributed by atoms with Crippen molar-refractivity contribution in [2.45, 2.75) is 12.5 Å². The van der Waals surface area contributed by atoms with Gasteiger partial charge >= 0.3 is 0 Å². The first kappa shape index (κ1) is 20.1. The van der Waals surface area contributed by atoms with Crippen molar-refractivity contribution in [1.29, 1.82) is 0 Å². The number of nitrogens with two attached hydrogens (primary N) is 1. The third-order valence-electron chi connectivity index (χ3n) is 5.11. The summed E-state index contributed by atoms with van der Waals surface area (Å²) in [5.41, 5.74) is 8.09. The second kappa shape index (κ2) is 8.67. The number of aromatic nitrogens is 1. The predicted octanol–water partition coefficient (Wildman–Crippen LogP) is 3.03. The summed E-state index contributed by atoms with van der Waals surface area (Å²) in [6.45, 7) is 0. The molecule has 0 radical (unpaired) electrons. The number of ketones is 1. The lowest BCUT2D eigenvalue weighted by Gasteiger charge is -2.17. The summed E-state index contributed by atoms with van der Waals surface area (Å²) in [5, 5.41) is 3.61. The highest BCUT2D eigenvalue weighted by Crippen LogP contribution is 2.24. The Bertz CT molecular complexity index is 1250. The van der Waals surface area contributed by atoms with E-state index in [0.29, 0.717) is 5.69 Å². The number of Topliss-reactive ketones (excluding diaryl/α,β-unsaturated/α-hetero) is 1. The van der Waals surface area contributed by atoms with Crippen LogP contribution in [0.15, 0.2) is 91.0 Å². The quantitative estimate of drug-likeness (QED) is 0.458. The molecule has 6 nitrogen and oxygen atoms in total. The van der Waals surface area contributed by atoms with Crippen LogP contribution in [0.25, 0.3) is 16.6 Å². The van der Waals surface area contributed by atoms with Crippen molar-refractivity contribution in [3.63, 3.8) is 0 Å². The van der Waals surface area contributed by atoms with Gasteiger partial charge in [0.2, 0.25) is 5.78 Å². The van der Waals surface area contributed by atoms with Gasteiger partial charge in [0.1, 0.15) is 11.7 Å². The fourth-order valence-electron chi connectivity index (χ4n) is 3.64. The van der Waals surface area contributed by atoms with Gasteiger partial charge in [0.15, 0.2) is 0 Å². The molecular weight excluding hydrogens is 390 g/mol. The van der Waals surface area contributed by atoms with E-state index in [2.05, 4.69) is 5.32 Å². The summed E-state index contributed by atoms with van der Waals surface area (Å²) in [7, 11) is 0. The van der Waals surface area contributed by atoms with Crippen LogP contribution in [-0.2, 0) is 16.0 Å². The van der Waals surface area contributed by atoms with Gasteiger partial charge in [0, 0.05) is 17.5 Å². The van der Waals surface area contributed by atoms with Crippen molar-refractivity contribution >= 4 is 28.5 Å². The van der Waals surface area contributed by atoms with Gasteiger partial charge in [-0.05, 0) is 29.8 Å². The monoisotopic (exact) mass is 411 g/mol. The molecule has 0 unspecified atom stereocenters. The van der Waals surface area contributed by atoms with Crippen molar-refractivity contribution in [1.82, 2.24) is 9.88 Å². The molecule has 1 atom stereocenters. The fraction of sp³-hybridized carbons (Fsp3) is 0.0800. The van der Waals surface area contributed by atoms with Gasteiger partial charge < -0.3 is 15.6 Å². The Balaban J connectivity index is 1.72. The molecule has 0 aliphatic carbocycles. The standard InChI is InChI=1S/C25H21N3O3/c26-24(30)23(29)20(15-17-9-3-1-4-10-17)27-25(31)22-16-18-11-7-8-14-21(18)28(22)19-12-5-2-6-13-19/h1-14,16,20H,15H2,(H2,26,30)(H,27,31)/t20-/m0/s1. The van der Waals surface area contributed by atoms with Gasteiger partial charge in [-0.15, -0.1) is 0 Å². The van der Waals surface area contributed by atoms with Crippen LogP contribution in [-0.4, -0.2) is 28.2 Å². The first-order chi connectivity index (χ1) is 15.0. The van der Waals surface area contributed by atoms with E-state index in [1.807, 2.05) is 89.5 Å². The number of rotatable bonds is 7. The van der Waals surface area contributed by atoms with Gasteiger partial charge in [-0.1, -0.05) is 66.7 Å². The molecule has 1 aromatic heterocycles. The molecule has 1 heterocycles. The van der Waals surface area contributed by atoms with E-state index in [9.17, 15) is 14.4 Å². The van der Waals surface area contributed by atoms with Crippen molar-refractivity contribution in [3.8, 4) is 5.69 Å². The number of amides is 2. The summed E-state index contributed by atoms with van der Waals surface area (Å²) in [6.07, 6.45) is 0.167. The van der Waals surface area contributed by atoms with Gasteiger partial charge in [-0.3, -0.25) is 14.4 Å². The third-order valence-corrected chi connectivity index (χ3v) is 5.11. The molecule has 6 heteroatoms. The summed E-state index contributed by atoms with van der Waals surface area (Å²) >= 11 is 0. The molecule has 154 valence electrons. The number of nitrogens with one attached hydrogen (secondary N) is 1. The van der Waals surface area contributed by atoms with Crippen molar-refractivity contribution < 1.29 is 14.4 Å². The van der Waals surface area contributed by atoms with Gasteiger partial charge in [-0.2, -0.15) is 0 Å². The largest absolute Gasteiger partial charge is 0.363 e. The number of carbonyl (C=O) groups is 3. The number of nitrogens with zero attached hydrogens (tertiary/aromatic N) is 1. The van der Waals surface area contributed by atoms with Crippen molar-refractivity contribution in [2.24, 2.45) is 5.73 Å². The van der Waals surface area contributed by atoms with Crippen LogP contribution < -0.4 is 11.1 Å². The van der Waals surface area contributed by atoms with Gasteiger partial charge in [0.05, 0.1) is 5.52 Å². The maximum Gasteiger partial charge on any atom is 0.287 e. The number of hydrogen-bond acceptors (Lipinski definition) is 3. The highest BCUT2D eigenvalue weighted by Gasteiger charge is 2.27. The number of fused-ring (bicyclic) bond motifs is 1. The topological polar surface area (TPSA) is 94.2 Å². The minimum absolute atomic E-state index is 0.167. The van der Waals surface area contributed by atoms with Crippen molar-refractivity contribution in [3.05, 3.63) is 102 Å². The Labute approximate surface area is 179 Å². The summed E-state index contributed by atoms with van der Waals surface area (Å²) in [4.78, 5) is 37.3. The fourth-order valence-corrected chi connectivity index (χ4v) is 3.64. The summed E-state index contributed by atoms with van der Waals surface area (Å²) in [5.74, 6) is -2.38. The lowest BCUT2D eigenvalue weighted by atomic mass is 10.0. The zero-order valence-corrected chi connectivity index (χ0v) is 16.7. The highest BCUT2D eigenvalue weighted by molar-refractivity contribution is 6.38. The van der Waals surface area contributed by atoms with E-state index in [4.69, 9.17) is 5.73 Å². The SMILES string of the molecule is NC(=O)C(=O)[C@H](Cc1ccccc1)NC(=O)c1cc2ccccc2n1-c1ccccc1. The second-order valence-electron chi connectivity index (χ2n) is 7.20. The molecule has 3 N–H and O–H groups in total. The number of hydrogen-bond donors (Lipinski definition) is 2. The van der Waals surface area contributed by atoms with Crippen LogP contribution in [0.4, 0.5) is 0 Å². The molecule has 4 aromatic rings. The zero-order chi connectivity index (χ0) is 21.8. The maximum atomic E-state index is 13.3. The van der Waals surface area contributed by atoms with Crippen LogP contribution in [0.2, 0.25) is 0 Å². The van der Waals surface area contributed by atoms with Crippen LogP contribution in [0.1, 0.15) is 16.1 Å². The van der Waals surface area contributed by atoms with Crippen LogP contribution >= 0.6 is 0 Å². The molecule has 3 aromatic carbocycles. The molecule has 0 saturated carbocycles. The highest BCUT2D eigenvalue weighted by atomic mass is 16.2. The average molecular weight is 411 g/mol. The molecule has 4 rings (SSSR count). The van der Waals surface area contributed by atoms with E-state index in [1.165, 1.54) is 0 Å². The van der Waals surface area contributed by atoms with E-state index >= 15 is 0 Å². The van der Waals surface area contributed by atoms with E-state index < -0.39 is 23.6 Å². The Kier molecular flexibility index (Phi) is 5.62. The number of para-hydroxylation sites is 2. The number of benzene rings is 3. The smallest absolute Gasteiger partial charge is 0.287 e. The van der Waals surface area contributed by atoms with Crippen LogP contribution in [0, 0.1) is 0 Å². The molecule has 0 fully saturated rings. The van der Waals surface area contributed by atoms with E-state index in [-0.39, 0.29) is 6.42 Å². The lowest BCUT2D eigenvalue weighted by Crippen LogP contribution is -2.47. The second-order valence-corrected chi connectivity index (χ2v) is 7.20. The normalized spacial score (nSPS) is 11.7. The van der Waals surface area contributed by atoms with E-state index in [0.717, 1.165) is 22.2 Å². The molecule has 2 amide bonds. The zero-order valence-electron chi connectivity index (χ0n) is 16.7. The number of primary amides is 1. The first-order valence-corrected chi connectivity index (χ1v) is 9.89. The minimum atomic E-state index is -1.08. The average Bonchev–Trinajstić information content (AvgIpc) is 3.19.